The quantitative estimate of drug-likeness (QED) is 0.907. The molecule has 0 aliphatic carbocycles. The number of rotatable bonds is 5. The Balaban J connectivity index is 2.05. The predicted molar refractivity (Wildman–Crippen MR) is 80.2 cm³/mol. The second kappa shape index (κ2) is 6.48. The Hall–Kier alpha value is -1.94. The minimum atomic E-state index is -0.205. The molecule has 0 amide bonds. The van der Waals surface area contributed by atoms with E-state index in [-0.39, 0.29) is 11.9 Å². The second-order valence-corrected chi connectivity index (χ2v) is 4.93. The Labute approximate surface area is 119 Å². The van der Waals surface area contributed by atoms with Gasteiger partial charge in [-0.3, -0.25) is 4.98 Å². The molecular weight excluding hydrogens is 253 g/mol. The summed E-state index contributed by atoms with van der Waals surface area (Å²) in [7, 11) is 3.92. The van der Waals surface area contributed by atoms with Gasteiger partial charge in [0.15, 0.2) is 0 Å². The smallest absolute Gasteiger partial charge is 0.123 e. The zero-order valence-electron chi connectivity index (χ0n) is 12.1. The van der Waals surface area contributed by atoms with E-state index in [9.17, 15) is 4.39 Å². The molecule has 0 aliphatic heterocycles. The highest BCUT2D eigenvalue weighted by Gasteiger charge is 2.06. The van der Waals surface area contributed by atoms with Crippen molar-refractivity contribution in [2.75, 3.05) is 19.0 Å². The molecule has 0 bridgehead atoms. The van der Waals surface area contributed by atoms with Crippen molar-refractivity contribution in [3.8, 4) is 0 Å². The van der Waals surface area contributed by atoms with Crippen LogP contribution in [0.4, 0.5) is 10.1 Å². The standard InChI is InChI=1S/C16H20FN3/c1-12(18-2)16-9-8-15(10-19-16)20(3)11-13-4-6-14(17)7-5-13/h4-10,12,18H,11H2,1-3H3. The van der Waals surface area contributed by atoms with Gasteiger partial charge in [-0.1, -0.05) is 12.1 Å². The van der Waals surface area contributed by atoms with E-state index >= 15 is 0 Å². The Morgan fingerprint density at radius 2 is 1.90 bits per heavy atom. The Kier molecular flexibility index (Phi) is 4.69. The van der Waals surface area contributed by atoms with Crippen LogP contribution < -0.4 is 10.2 Å². The van der Waals surface area contributed by atoms with Gasteiger partial charge >= 0.3 is 0 Å². The molecule has 4 heteroatoms. The molecule has 3 nitrogen and oxygen atoms in total. The number of pyridine rings is 1. The molecule has 20 heavy (non-hydrogen) atoms. The van der Waals surface area contributed by atoms with Crippen molar-refractivity contribution in [1.29, 1.82) is 0 Å². The van der Waals surface area contributed by atoms with Crippen molar-refractivity contribution in [2.45, 2.75) is 19.5 Å². The lowest BCUT2D eigenvalue weighted by Crippen LogP contribution is -2.18. The van der Waals surface area contributed by atoms with E-state index in [1.165, 1.54) is 12.1 Å². The first-order chi connectivity index (χ1) is 9.60. The fraction of sp³-hybridized carbons (Fsp3) is 0.312. The summed E-state index contributed by atoms with van der Waals surface area (Å²) in [4.78, 5) is 6.55. The van der Waals surface area contributed by atoms with E-state index in [0.29, 0.717) is 0 Å². The lowest BCUT2D eigenvalue weighted by molar-refractivity contribution is 0.627. The van der Waals surface area contributed by atoms with E-state index in [4.69, 9.17) is 0 Å². The monoisotopic (exact) mass is 273 g/mol. The molecule has 1 aromatic heterocycles. The minimum absolute atomic E-state index is 0.205. The molecule has 0 saturated heterocycles. The minimum Gasteiger partial charge on any atom is -0.369 e. The van der Waals surface area contributed by atoms with Gasteiger partial charge in [-0.2, -0.15) is 0 Å². The molecule has 1 N–H and O–H groups in total. The lowest BCUT2D eigenvalue weighted by Gasteiger charge is -2.20. The zero-order chi connectivity index (χ0) is 14.5. The number of benzene rings is 1. The molecule has 0 spiro atoms. The maximum absolute atomic E-state index is 12.9. The average molecular weight is 273 g/mol. The van der Waals surface area contributed by atoms with Crippen LogP contribution in [0.25, 0.3) is 0 Å². The molecule has 0 saturated carbocycles. The summed E-state index contributed by atoms with van der Waals surface area (Å²) in [5.41, 5.74) is 3.13. The molecule has 1 atom stereocenters. The van der Waals surface area contributed by atoms with Crippen molar-refractivity contribution in [3.63, 3.8) is 0 Å². The van der Waals surface area contributed by atoms with Gasteiger partial charge in [0, 0.05) is 19.6 Å². The molecule has 0 fully saturated rings. The number of hydrogen-bond donors (Lipinski definition) is 1. The van der Waals surface area contributed by atoms with Gasteiger partial charge in [-0.15, -0.1) is 0 Å². The molecule has 2 aromatic rings. The van der Waals surface area contributed by atoms with Gasteiger partial charge < -0.3 is 10.2 Å². The number of halogens is 1. The van der Waals surface area contributed by atoms with Crippen molar-refractivity contribution in [3.05, 3.63) is 59.7 Å². The average Bonchev–Trinajstić information content (AvgIpc) is 2.49. The molecular formula is C16H20FN3. The number of nitrogens with one attached hydrogen (secondary N) is 1. The van der Waals surface area contributed by atoms with Gasteiger partial charge in [0.25, 0.3) is 0 Å². The Bertz CT molecular complexity index is 537. The molecule has 0 aliphatic rings. The Morgan fingerprint density at radius 3 is 2.45 bits per heavy atom. The lowest BCUT2D eigenvalue weighted by atomic mass is 10.2. The van der Waals surface area contributed by atoms with Gasteiger partial charge in [0.1, 0.15) is 5.82 Å². The third-order valence-electron chi connectivity index (χ3n) is 3.42. The maximum atomic E-state index is 12.9. The van der Waals surface area contributed by atoms with Crippen LogP contribution in [0.2, 0.25) is 0 Å². The molecule has 1 heterocycles. The first kappa shape index (κ1) is 14.5. The van der Waals surface area contributed by atoms with Crippen LogP contribution in [-0.4, -0.2) is 19.1 Å². The van der Waals surface area contributed by atoms with Crippen LogP contribution in [-0.2, 0) is 6.54 Å². The topological polar surface area (TPSA) is 28.2 Å². The van der Waals surface area contributed by atoms with Crippen LogP contribution in [0, 0.1) is 5.82 Å². The van der Waals surface area contributed by atoms with Crippen LogP contribution in [0.15, 0.2) is 42.6 Å². The molecule has 2 rings (SSSR count). The largest absolute Gasteiger partial charge is 0.369 e. The molecule has 0 radical (unpaired) electrons. The summed E-state index contributed by atoms with van der Waals surface area (Å²) >= 11 is 0. The van der Waals surface area contributed by atoms with E-state index in [0.717, 1.165) is 23.5 Å². The number of anilines is 1. The number of aromatic nitrogens is 1. The van der Waals surface area contributed by atoms with E-state index < -0.39 is 0 Å². The van der Waals surface area contributed by atoms with Gasteiger partial charge in [-0.05, 0) is 43.8 Å². The van der Waals surface area contributed by atoms with Crippen LogP contribution in [0.5, 0.6) is 0 Å². The summed E-state index contributed by atoms with van der Waals surface area (Å²) < 4.78 is 12.9. The van der Waals surface area contributed by atoms with Crippen LogP contribution >= 0.6 is 0 Å². The van der Waals surface area contributed by atoms with Crippen molar-refractivity contribution < 1.29 is 4.39 Å². The normalized spacial score (nSPS) is 12.2. The third-order valence-corrected chi connectivity index (χ3v) is 3.42. The molecule has 1 aromatic carbocycles. The summed E-state index contributed by atoms with van der Waals surface area (Å²) in [6, 6.07) is 10.9. The first-order valence-electron chi connectivity index (χ1n) is 6.69. The fourth-order valence-electron chi connectivity index (χ4n) is 1.98. The van der Waals surface area contributed by atoms with Crippen molar-refractivity contribution in [2.24, 2.45) is 0 Å². The van der Waals surface area contributed by atoms with Crippen molar-refractivity contribution in [1.82, 2.24) is 10.3 Å². The molecule has 106 valence electrons. The number of nitrogens with zero attached hydrogens (tertiary/aromatic N) is 2. The highest BCUT2D eigenvalue weighted by atomic mass is 19.1. The maximum Gasteiger partial charge on any atom is 0.123 e. The summed E-state index contributed by atoms with van der Waals surface area (Å²) in [5, 5.41) is 3.16. The molecule has 1 unspecified atom stereocenters. The van der Waals surface area contributed by atoms with Gasteiger partial charge in [-0.25, -0.2) is 4.39 Å². The highest BCUT2D eigenvalue weighted by molar-refractivity contribution is 5.44. The van der Waals surface area contributed by atoms with Gasteiger partial charge in [0.05, 0.1) is 17.6 Å². The van der Waals surface area contributed by atoms with Gasteiger partial charge in [0.2, 0.25) is 0 Å². The predicted octanol–water partition coefficient (Wildman–Crippen LogP) is 3.14. The van der Waals surface area contributed by atoms with E-state index in [2.05, 4.69) is 28.2 Å². The summed E-state index contributed by atoms with van der Waals surface area (Å²) in [5.74, 6) is -0.205. The van der Waals surface area contributed by atoms with Crippen LogP contribution in [0.1, 0.15) is 24.2 Å². The third kappa shape index (κ3) is 3.54. The van der Waals surface area contributed by atoms with Crippen molar-refractivity contribution >= 4 is 5.69 Å². The fourth-order valence-corrected chi connectivity index (χ4v) is 1.98. The summed E-state index contributed by atoms with van der Waals surface area (Å²) in [6.07, 6.45) is 1.87. The van der Waals surface area contributed by atoms with E-state index in [1.807, 2.05) is 26.4 Å². The summed E-state index contributed by atoms with van der Waals surface area (Å²) in [6.45, 7) is 2.80. The van der Waals surface area contributed by atoms with Crippen LogP contribution in [0.3, 0.4) is 0 Å². The zero-order valence-corrected chi connectivity index (χ0v) is 12.1. The second-order valence-electron chi connectivity index (χ2n) is 4.93. The SMILES string of the molecule is CNC(C)c1ccc(N(C)Cc2ccc(F)cc2)cn1. The Morgan fingerprint density at radius 1 is 1.20 bits per heavy atom. The van der Waals surface area contributed by atoms with E-state index in [1.54, 1.807) is 12.1 Å². The first-order valence-corrected chi connectivity index (χ1v) is 6.69. The number of hydrogen-bond acceptors (Lipinski definition) is 3. The highest BCUT2D eigenvalue weighted by Crippen LogP contribution is 2.17.